The molecule has 1 amide bonds. The molecule has 1 unspecified atom stereocenters. The van der Waals surface area contributed by atoms with E-state index in [2.05, 4.69) is 5.32 Å². The molecule has 1 aromatic rings. The average molecular weight is 288 g/mol. The number of rotatable bonds is 3. The highest BCUT2D eigenvalue weighted by Gasteiger charge is 2.32. The molecule has 1 atom stereocenters. The van der Waals surface area contributed by atoms with Crippen LogP contribution < -0.4 is 5.32 Å². The lowest BCUT2D eigenvalue weighted by atomic mass is 9.96. The molecule has 112 valence electrons. The number of nitrogens with zero attached hydrogens (tertiary/aromatic N) is 1. The molecule has 1 saturated heterocycles. The van der Waals surface area contributed by atoms with Crippen molar-refractivity contribution in [2.75, 3.05) is 18.4 Å². The molecule has 0 radical (unpaired) electrons. The van der Waals surface area contributed by atoms with Crippen molar-refractivity contribution in [1.82, 2.24) is 4.90 Å². The fourth-order valence-corrected chi connectivity index (χ4v) is 3.38. The van der Waals surface area contributed by atoms with Crippen LogP contribution in [-0.4, -0.2) is 41.0 Å². The first-order valence-electron chi connectivity index (χ1n) is 7.55. The number of carboxylic acids is 1. The van der Waals surface area contributed by atoms with E-state index < -0.39 is 5.97 Å². The largest absolute Gasteiger partial charge is 0.481 e. The summed E-state index contributed by atoms with van der Waals surface area (Å²) < 4.78 is 0. The first-order valence-corrected chi connectivity index (χ1v) is 7.55. The van der Waals surface area contributed by atoms with Crippen molar-refractivity contribution in [1.29, 1.82) is 0 Å². The zero-order valence-electron chi connectivity index (χ0n) is 12.0. The maximum atomic E-state index is 12.8. The van der Waals surface area contributed by atoms with Crippen LogP contribution in [0.3, 0.4) is 0 Å². The molecule has 0 bridgehead atoms. The fourth-order valence-electron chi connectivity index (χ4n) is 3.38. The van der Waals surface area contributed by atoms with E-state index in [9.17, 15) is 9.59 Å². The standard InChI is InChI=1S/C16H20N2O3/c19-15(20)10-11-4-3-9-18(11)16(21)13-5-1-7-14-12(13)6-2-8-17-14/h1,5,7,11,17H,2-4,6,8-10H2,(H,19,20). The van der Waals surface area contributed by atoms with Crippen LogP contribution in [0.2, 0.25) is 0 Å². The molecule has 1 fully saturated rings. The first kappa shape index (κ1) is 13.9. The van der Waals surface area contributed by atoms with Crippen LogP contribution in [0, 0.1) is 0 Å². The Bertz CT molecular complexity index is 571. The van der Waals surface area contributed by atoms with Gasteiger partial charge in [-0.05, 0) is 43.4 Å². The second-order valence-electron chi connectivity index (χ2n) is 5.75. The van der Waals surface area contributed by atoms with E-state index in [1.807, 2.05) is 18.2 Å². The third-order valence-electron chi connectivity index (χ3n) is 4.37. The lowest BCUT2D eigenvalue weighted by molar-refractivity contribution is -0.137. The van der Waals surface area contributed by atoms with E-state index in [-0.39, 0.29) is 18.4 Å². The molecule has 5 heteroatoms. The number of anilines is 1. The Hall–Kier alpha value is -2.04. The fraction of sp³-hybridized carbons (Fsp3) is 0.500. The zero-order valence-corrected chi connectivity index (χ0v) is 12.0. The van der Waals surface area contributed by atoms with Gasteiger partial charge in [-0.25, -0.2) is 0 Å². The topological polar surface area (TPSA) is 69.6 Å². The van der Waals surface area contributed by atoms with Crippen molar-refractivity contribution in [3.8, 4) is 0 Å². The summed E-state index contributed by atoms with van der Waals surface area (Å²) in [5.74, 6) is -0.851. The number of carboxylic acid groups (broad SMARTS) is 1. The second kappa shape index (κ2) is 5.76. The van der Waals surface area contributed by atoms with Crippen LogP contribution in [0.4, 0.5) is 5.69 Å². The highest BCUT2D eigenvalue weighted by molar-refractivity contribution is 5.97. The minimum Gasteiger partial charge on any atom is -0.481 e. The maximum Gasteiger partial charge on any atom is 0.305 e. The van der Waals surface area contributed by atoms with Gasteiger partial charge in [-0.3, -0.25) is 9.59 Å². The minimum absolute atomic E-state index is 0.0145. The van der Waals surface area contributed by atoms with Crippen LogP contribution in [0.1, 0.15) is 41.6 Å². The summed E-state index contributed by atoms with van der Waals surface area (Å²) in [5.41, 5.74) is 2.85. The van der Waals surface area contributed by atoms with Gasteiger partial charge in [-0.1, -0.05) is 6.07 Å². The number of aliphatic carboxylic acids is 1. The van der Waals surface area contributed by atoms with Crippen molar-refractivity contribution < 1.29 is 14.7 Å². The summed E-state index contributed by atoms with van der Waals surface area (Å²) >= 11 is 0. The van der Waals surface area contributed by atoms with E-state index >= 15 is 0 Å². The molecule has 21 heavy (non-hydrogen) atoms. The number of carbonyl (C=O) groups excluding carboxylic acids is 1. The van der Waals surface area contributed by atoms with Crippen molar-refractivity contribution >= 4 is 17.6 Å². The Labute approximate surface area is 123 Å². The number of fused-ring (bicyclic) bond motifs is 1. The van der Waals surface area contributed by atoms with Gasteiger partial charge in [0.2, 0.25) is 0 Å². The third kappa shape index (κ3) is 2.73. The maximum absolute atomic E-state index is 12.8. The number of likely N-dealkylation sites (tertiary alicyclic amines) is 1. The van der Waals surface area contributed by atoms with E-state index in [4.69, 9.17) is 5.11 Å². The van der Waals surface area contributed by atoms with E-state index in [0.717, 1.165) is 49.0 Å². The zero-order chi connectivity index (χ0) is 14.8. The van der Waals surface area contributed by atoms with Crippen LogP contribution in [0.5, 0.6) is 0 Å². The summed E-state index contributed by atoms with van der Waals surface area (Å²) in [7, 11) is 0. The van der Waals surface area contributed by atoms with Gasteiger partial charge < -0.3 is 15.3 Å². The molecule has 3 rings (SSSR count). The van der Waals surface area contributed by atoms with Crippen molar-refractivity contribution in [3.05, 3.63) is 29.3 Å². The van der Waals surface area contributed by atoms with Gasteiger partial charge in [0.25, 0.3) is 5.91 Å². The van der Waals surface area contributed by atoms with E-state index in [0.29, 0.717) is 6.54 Å². The van der Waals surface area contributed by atoms with Gasteiger partial charge in [0.1, 0.15) is 0 Å². The first-order chi connectivity index (χ1) is 10.2. The number of carbonyl (C=O) groups is 2. The van der Waals surface area contributed by atoms with Crippen LogP contribution >= 0.6 is 0 Å². The summed E-state index contributed by atoms with van der Waals surface area (Å²) in [5, 5.41) is 12.3. The highest BCUT2D eigenvalue weighted by atomic mass is 16.4. The smallest absolute Gasteiger partial charge is 0.305 e. The van der Waals surface area contributed by atoms with Crippen molar-refractivity contribution in [2.24, 2.45) is 0 Å². The molecule has 2 N–H and O–H groups in total. The van der Waals surface area contributed by atoms with E-state index in [1.54, 1.807) is 4.90 Å². The molecule has 0 aromatic heterocycles. The summed E-state index contributed by atoms with van der Waals surface area (Å²) in [6.07, 6.45) is 3.64. The molecule has 2 heterocycles. The number of benzene rings is 1. The Morgan fingerprint density at radius 1 is 1.33 bits per heavy atom. The predicted molar refractivity (Wildman–Crippen MR) is 79.6 cm³/mol. The molecule has 0 aliphatic carbocycles. The summed E-state index contributed by atoms with van der Waals surface area (Å²) in [6.45, 7) is 1.60. The lowest BCUT2D eigenvalue weighted by Gasteiger charge is -2.27. The molecule has 5 nitrogen and oxygen atoms in total. The number of hydrogen-bond acceptors (Lipinski definition) is 3. The number of nitrogens with one attached hydrogen (secondary N) is 1. The third-order valence-corrected chi connectivity index (χ3v) is 4.37. The molecule has 0 spiro atoms. The lowest BCUT2D eigenvalue weighted by Crippen LogP contribution is -2.37. The quantitative estimate of drug-likeness (QED) is 0.894. The SMILES string of the molecule is O=C(O)CC1CCCN1C(=O)c1cccc2c1CCCN2. The number of amides is 1. The van der Waals surface area contributed by atoms with Gasteiger partial charge in [0.15, 0.2) is 0 Å². The average Bonchev–Trinajstić information content (AvgIpc) is 2.93. The van der Waals surface area contributed by atoms with Crippen LogP contribution in [-0.2, 0) is 11.2 Å². The molecular weight excluding hydrogens is 268 g/mol. The predicted octanol–water partition coefficient (Wildman–Crippen LogP) is 2.12. The number of hydrogen-bond donors (Lipinski definition) is 2. The molecule has 0 saturated carbocycles. The van der Waals surface area contributed by atoms with Gasteiger partial charge in [-0.15, -0.1) is 0 Å². The van der Waals surface area contributed by atoms with Crippen LogP contribution in [0.15, 0.2) is 18.2 Å². The van der Waals surface area contributed by atoms with Gasteiger partial charge in [-0.2, -0.15) is 0 Å². The molecule has 1 aromatic carbocycles. The minimum atomic E-state index is -0.837. The Morgan fingerprint density at radius 3 is 3.00 bits per heavy atom. The Kier molecular flexibility index (Phi) is 3.82. The Morgan fingerprint density at radius 2 is 2.19 bits per heavy atom. The summed E-state index contributed by atoms with van der Waals surface area (Å²) in [6, 6.07) is 5.60. The van der Waals surface area contributed by atoms with Gasteiger partial charge in [0, 0.05) is 30.4 Å². The Balaban J connectivity index is 1.86. The van der Waals surface area contributed by atoms with Crippen molar-refractivity contribution in [3.63, 3.8) is 0 Å². The van der Waals surface area contributed by atoms with Crippen LogP contribution in [0.25, 0.3) is 0 Å². The molecular formula is C16H20N2O3. The second-order valence-corrected chi connectivity index (χ2v) is 5.75. The normalized spacial score (nSPS) is 20.8. The monoisotopic (exact) mass is 288 g/mol. The molecule has 2 aliphatic heterocycles. The van der Waals surface area contributed by atoms with Crippen molar-refractivity contribution in [2.45, 2.75) is 38.1 Å². The van der Waals surface area contributed by atoms with E-state index in [1.165, 1.54) is 0 Å². The van der Waals surface area contributed by atoms with Gasteiger partial charge >= 0.3 is 5.97 Å². The summed E-state index contributed by atoms with van der Waals surface area (Å²) in [4.78, 5) is 25.5. The highest BCUT2D eigenvalue weighted by Crippen LogP contribution is 2.29. The van der Waals surface area contributed by atoms with Gasteiger partial charge in [0.05, 0.1) is 6.42 Å². The molecule has 2 aliphatic rings.